The van der Waals surface area contributed by atoms with Gasteiger partial charge in [0.05, 0.1) is 30.8 Å². The number of ether oxygens (including phenoxy) is 6. The third-order valence-electron chi connectivity index (χ3n) is 8.02. The second-order valence-corrected chi connectivity index (χ2v) is 10.9. The molecule has 0 aromatic carbocycles. The van der Waals surface area contributed by atoms with Gasteiger partial charge in [0, 0.05) is 19.1 Å². The third kappa shape index (κ3) is 6.94. The van der Waals surface area contributed by atoms with E-state index in [-0.39, 0.29) is 24.7 Å². The molecule has 3 aliphatic heterocycles. The summed E-state index contributed by atoms with van der Waals surface area (Å²) in [6.45, 7) is -0.700. The lowest BCUT2D eigenvalue weighted by molar-refractivity contribution is -0.366. The van der Waals surface area contributed by atoms with Crippen molar-refractivity contribution in [2.75, 3.05) is 19.7 Å². The number of aliphatic hydroxyl groups excluding tert-OH is 5. The van der Waals surface area contributed by atoms with Gasteiger partial charge in [0.15, 0.2) is 18.9 Å². The van der Waals surface area contributed by atoms with Gasteiger partial charge < -0.3 is 82.6 Å². The van der Waals surface area contributed by atoms with Crippen LogP contribution >= 0.6 is 0 Å². The molecule has 17 atom stereocenters. The van der Waals surface area contributed by atoms with Crippen LogP contribution in [0.1, 0.15) is 6.42 Å². The Morgan fingerprint density at radius 3 is 1.98 bits per heavy atom. The summed E-state index contributed by atoms with van der Waals surface area (Å²) in [5.74, 6) is 0. The van der Waals surface area contributed by atoms with E-state index in [1.807, 2.05) is 0 Å². The third-order valence-corrected chi connectivity index (χ3v) is 8.02. The van der Waals surface area contributed by atoms with Gasteiger partial charge in [-0.05, 0) is 6.42 Å². The molecule has 0 aromatic rings. The minimum absolute atomic E-state index is 0.136. The number of hydroxylamine groups is 2. The van der Waals surface area contributed by atoms with Crippen molar-refractivity contribution in [3.8, 4) is 0 Å². The monoisotopic (exact) mass is 612 g/mol. The zero-order valence-corrected chi connectivity index (χ0v) is 22.7. The Bertz CT molecular complexity index is 894. The summed E-state index contributed by atoms with van der Waals surface area (Å²) >= 11 is 0. The summed E-state index contributed by atoms with van der Waals surface area (Å²) in [5, 5.41) is 71.8. The molecular formula is C23H44N6O13. The lowest BCUT2D eigenvalue weighted by Crippen LogP contribution is -2.66. The van der Waals surface area contributed by atoms with Crippen LogP contribution in [0.4, 0.5) is 0 Å². The highest BCUT2D eigenvalue weighted by Gasteiger charge is 2.54. The van der Waals surface area contributed by atoms with Gasteiger partial charge >= 0.3 is 0 Å². The molecule has 42 heavy (non-hydrogen) atoms. The maximum Gasteiger partial charge on any atom is 0.187 e. The highest BCUT2D eigenvalue weighted by atomic mass is 16.8. The van der Waals surface area contributed by atoms with Crippen molar-refractivity contribution >= 4 is 0 Å². The van der Waals surface area contributed by atoms with E-state index in [0.717, 1.165) is 0 Å². The molecule has 0 bridgehead atoms. The van der Waals surface area contributed by atoms with Crippen LogP contribution in [0.5, 0.6) is 0 Å². The molecule has 0 spiro atoms. The molecular weight excluding hydrogens is 568 g/mol. The molecule has 0 unspecified atom stereocenters. The van der Waals surface area contributed by atoms with Crippen LogP contribution in [0.3, 0.4) is 0 Å². The van der Waals surface area contributed by atoms with Crippen molar-refractivity contribution in [1.29, 1.82) is 0 Å². The SMILES string of the molecule is NC[C@@H]1O[C@H](O[C@H]2[C@@H](O)[C@H](O[C@@H]3[C@@H](O)[C@H](N(O)O)C[C@H](N)[C@H]3O[C@H]3O[C@H](CN)C=C[C@H]3N)O[C@@H]2CO)[C@H](N)[C@@H](O)[C@@H]1O. The highest BCUT2D eigenvalue weighted by molar-refractivity contribution is 5.05. The van der Waals surface area contributed by atoms with Gasteiger partial charge in [-0.25, -0.2) is 0 Å². The molecule has 1 aliphatic carbocycles. The molecule has 3 fully saturated rings. The molecule has 0 aromatic heterocycles. The van der Waals surface area contributed by atoms with Gasteiger partial charge in [0.2, 0.25) is 0 Å². The fourth-order valence-electron chi connectivity index (χ4n) is 5.55. The minimum atomic E-state index is -1.65. The van der Waals surface area contributed by atoms with Crippen LogP contribution in [-0.4, -0.2) is 165 Å². The number of aliphatic hydroxyl groups is 5. The number of rotatable bonds is 10. The van der Waals surface area contributed by atoms with E-state index in [1.165, 1.54) is 0 Å². The van der Waals surface area contributed by atoms with Crippen molar-refractivity contribution in [1.82, 2.24) is 5.23 Å². The Morgan fingerprint density at radius 2 is 1.36 bits per heavy atom. The van der Waals surface area contributed by atoms with Crippen molar-refractivity contribution < 1.29 is 64.4 Å². The number of hydrogen-bond acceptors (Lipinski definition) is 19. The average Bonchev–Trinajstić information content (AvgIpc) is 3.26. The quantitative estimate of drug-likeness (QED) is 0.0805. The number of nitrogens with two attached hydrogens (primary N) is 5. The molecule has 2 saturated heterocycles. The summed E-state index contributed by atoms with van der Waals surface area (Å²) in [6, 6.07) is -4.27. The molecule has 19 heteroatoms. The van der Waals surface area contributed by atoms with E-state index in [4.69, 9.17) is 57.1 Å². The Balaban J connectivity index is 1.52. The summed E-state index contributed by atoms with van der Waals surface area (Å²) in [7, 11) is 0. The first-order valence-electron chi connectivity index (χ1n) is 13.7. The van der Waals surface area contributed by atoms with Crippen LogP contribution in [0.25, 0.3) is 0 Å². The molecule has 19 nitrogen and oxygen atoms in total. The molecule has 3 heterocycles. The Morgan fingerprint density at radius 1 is 0.714 bits per heavy atom. The second-order valence-electron chi connectivity index (χ2n) is 10.9. The van der Waals surface area contributed by atoms with E-state index in [1.54, 1.807) is 12.2 Å². The number of hydrogen-bond donors (Lipinski definition) is 12. The first-order chi connectivity index (χ1) is 19.9. The predicted molar refractivity (Wildman–Crippen MR) is 137 cm³/mol. The Kier molecular flexibility index (Phi) is 11.6. The summed E-state index contributed by atoms with van der Waals surface area (Å²) in [6.07, 6.45) is -13.7. The van der Waals surface area contributed by atoms with Crippen LogP contribution in [-0.2, 0) is 28.4 Å². The first-order valence-corrected chi connectivity index (χ1v) is 13.7. The lowest BCUT2D eigenvalue weighted by Gasteiger charge is -2.46. The van der Waals surface area contributed by atoms with Crippen molar-refractivity contribution in [3.63, 3.8) is 0 Å². The maximum atomic E-state index is 11.1. The zero-order valence-electron chi connectivity index (χ0n) is 22.7. The van der Waals surface area contributed by atoms with Gasteiger partial charge in [0.25, 0.3) is 0 Å². The standard InChI is InChI=1S/C23H44N6O13/c24-4-7-1-2-8(26)21(37-7)40-18-9(27)3-10(29(35)36)14(31)20(18)42-23-17(34)19(12(6-30)39-23)41-22-13(28)16(33)15(32)11(5-25)38-22/h1-2,7-23,30-36H,3-6,24-28H2/t7-,8+,9-,10+,11-,12+,13+,14-,15+,16+,17+,18+,19+,20+,21+,22+,23-/m0/s1. The van der Waals surface area contributed by atoms with Gasteiger partial charge in [-0.15, -0.1) is 0 Å². The van der Waals surface area contributed by atoms with Crippen LogP contribution in [0.2, 0.25) is 0 Å². The van der Waals surface area contributed by atoms with E-state index in [9.17, 15) is 35.9 Å². The second kappa shape index (κ2) is 14.4. The van der Waals surface area contributed by atoms with E-state index < -0.39 is 111 Å². The van der Waals surface area contributed by atoms with Crippen molar-refractivity contribution in [2.45, 2.75) is 110 Å². The van der Waals surface area contributed by atoms with E-state index in [0.29, 0.717) is 0 Å². The van der Waals surface area contributed by atoms with Gasteiger partial charge in [-0.3, -0.25) is 10.4 Å². The van der Waals surface area contributed by atoms with E-state index >= 15 is 0 Å². The predicted octanol–water partition coefficient (Wildman–Crippen LogP) is -6.94. The number of nitrogens with zero attached hydrogens (tertiary/aromatic N) is 1. The summed E-state index contributed by atoms with van der Waals surface area (Å²) in [4.78, 5) is 0. The van der Waals surface area contributed by atoms with Crippen LogP contribution < -0.4 is 28.7 Å². The molecule has 244 valence electrons. The molecule has 17 N–H and O–H groups in total. The van der Waals surface area contributed by atoms with Gasteiger partial charge in [-0.1, -0.05) is 17.4 Å². The fraction of sp³-hybridized carbons (Fsp3) is 0.913. The topological polar surface area (TPSA) is 330 Å². The Hall–Kier alpha value is -1.02. The highest BCUT2D eigenvalue weighted by Crippen LogP contribution is 2.34. The van der Waals surface area contributed by atoms with Crippen LogP contribution in [0, 0.1) is 0 Å². The smallest absolute Gasteiger partial charge is 0.187 e. The molecule has 0 radical (unpaired) electrons. The summed E-state index contributed by atoms with van der Waals surface area (Å²) in [5.41, 5.74) is 29.7. The maximum absolute atomic E-state index is 11.1. The molecule has 1 saturated carbocycles. The van der Waals surface area contributed by atoms with Gasteiger partial charge in [-0.2, -0.15) is 0 Å². The molecule has 4 rings (SSSR count). The molecule has 4 aliphatic rings. The zero-order chi connectivity index (χ0) is 30.9. The first kappa shape index (κ1) is 33.9. The fourth-order valence-corrected chi connectivity index (χ4v) is 5.55. The largest absolute Gasteiger partial charge is 0.394 e. The van der Waals surface area contributed by atoms with Crippen molar-refractivity contribution in [2.24, 2.45) is 28.7 Å². The minimum Gasteiger partial charge on any atom is -0.394 e. The summed E-state index contributed by atoms with van der Waals surface area (Å²) < 4.78 is 34.8. The lowest BCUT2D eigenvalue weighted by atomic mass is 9.84. The van der Waals surface area contributed by atoms with Gasteiger partial charge in [0.1, 0.15) is 54.9 Å². The normalized spacial score (nSPS) is 50.0. The molecule has 0 amide bonds. The van der Waals surface area contributed by atoms with E-state index in [2.05, 4.69) is 0 Å². The van der Waals surface area contributed by atoms with Crippen LogP contribution in [0.15, 0.2) is 12.2 Å². The van der Waals surface area contributed by atoms with Crippen molar-refractivity contribution in [3.05, 3.63) is 12.2 Å². The average molecular weight is 613 g/mol. The Labute approximate surface area is 241 Å².